The molecule has 0 aromatic rings. The number of carbonyl (C=O) groups excluding carboxylic acids is 1. The van der Waals surface area contributed by atoms with Crippen LogP contribution in [0, 0.1) is 10.1 Å². The quantitative estimate of drug-likeness (QED) is 0.586. The fourth-order valence-electron chi connectivity index (χ4n) is 1.62. The van der Waals surface area contributed by atoms with E-state index in [-0.39, 0.29) is 5.57 Å². The largest absolute Gasteiger partial charge is 0.418 e. The number of dihydropyridines is 2. The van der Waals surface area contributed by atoms with Gasteiger partial charge in [0.15, 0.2) is 0 Å². The molecule has 6 nitrogen and oxygen atoms in total. The Kier molecular flexibility index (Phi) is 3.26. The SMILES string of the molecule is O=C1N=CC(=C2NC=CC=C2C(F)(F)F)C=C1[N+](=O)[O-]. The van der Waals surface area contributed by atoms with Crippen molar-refractivity contribution in [2.45, 2.75) is 6.18 Å². The highest BCUT2D eigenvalue weighted by molar-refractivity contribution is 6.05. The molecule has 2 aliphatic heterocycles. The lowest BCUT2D eigenvalue weighted by Crippen LogP contribution is -2.25. The van der Waals surface area contributed by atoms with Gasteiger partial charge < -0.3 is 5.32 Å². The van der Waals surface area contributed by atoms with Crippen molar-refractivity contribution in [2.24, 2.45) is 4.99 Å². The van der Waals surface area contributed by atoms with E-state index in [4.69, 9.17) is 0 Å². The summed E-state index contributed by atoms with van der Waals surface area (Å²) in [6, 6.07) is 0. The molecule has 0 atom stereocenters. The van der Waals surface area contributed by atoms with Crippen molar-refractivity contribution < 1.29 is 22.9 Å². The molecule has 9 heteroatoms. The second-order valence-electron chi connectivity index (χ2n) is 3.76. The van der Waals surface area contributed by atoms with Gasteiger partial charge in [-0.2, -0.15) is 13.2 Å². The van der Waals surface area contributed by atoms with Crippen molar-refractivity contribution in [1.29, 1.82) is 0 Å². The minimum absolute atomic E-state index is 0.191. The van der Waals surface area contributed by atoms with Gasteiger partial charge in [-0.1, -0.05) is 0 Å². The Morgan fingerprint density at radius 3 is 2.65 bits per heavy atom. The number of hydrogen-bond donors (Lipinski definition) is 1. The average Bonchev–Trinajstić information content (AvgIpc) is 2.38. The number of aliphatic imine (C=N–C) groups is 1. The zero-order valence-electron chi connectivity index (χ0n) is 9.64. The second kappa shape index (κ2) is 4.76. The van der Waals surface area contributed by atoms with Gasteiger partial charge in [0.1, 0.15) is 0 Å². The summed E-state index contributed by atoms with van der Waals surface area (Å²) in [6.45, 7) is 0. The van der Waals surface area contributed by atoms with Crippen LogP contribution >= 0.6 is 0 Å². The number of nitrogens with zero attached hydrogens (tertiary/aromatic N) is 2. The first-order chi connectivity index (χ1) is 9.30. The van der Waals surface area contributed by atoms with E-state index in [9.17, 15) is 28.1 Å². The molecule has 0 saturated carbocycles. The van der Waals surface area contributed by atoms with Gasteiger partial charge >= 0.3 is 17.8 Å². The lowest BCUT2D eigenvalue weighted by Gasteiger charge is -2.19. The van der Waals surface area contributed by atoms with Crippen LogP contribution < -0.4 is 5.32 Å². The summed E-state index contributed by atoms with van der Waals surface area (Å²) in [7, 11) is 0. The smallest absolute Gasteiger partial charge is 0.361 e. The van der Waals surface area contributed by atoms with Crippen LogP contribution in [0.3, 0.4) is 0 Å². The van der Waals surface area contributed by atoms with E-state index in [2.05, 4.69) is 10.3 Å². The van der Waals surface area contributed by atoms with E-state index in [0.717, 1.165) is 24.4 Å². The molecule has 0 aromatic heterocycles. The highest BCUT2D eigenvalue weighted by Gasteiger charge is 2.38. The minimum atomic E-state index is -4.64. The number of allylic oxidation sites excluding steroid dienone is 5. The minimum Gasteiger partial charge on any atom is -0.361 e. The molecule has 104 valence electrons. The summed E-state index contributed by atoms with van der Waals surface area (Å²) in [6.07, 6.45) is 0.186. The van der Waals surface area contributed by atoms with E-state index in [0.29, 0.717) is 0 Å². The first-order valence-electron chi connectivity index (χ1n) is 5.20. The molecule has 1 amide bonds. The van der Waals surface area contributed by atoms with Gasteiger partial charge in [0, 0.05) is 24.1 Å². The van der Waals surface area contributed by atoms with Crippen LogP contribution in [-0.4, -0.2) is 23.2 Å². The van der Waals surface area contributed by atoms with Gasteiger partial charge in [-0.3, -0.25) is 14.9 Å². The second-order valence-corrected chi connectivity index (χ2v) is 3.76. The number of halogens is 3. The van der Waals surface area contributed by atoms with Crippen molar-refractivity contribution in [3.05, 3.63) is 57.1 Å². The number of nitro groups is 1. The van der Waals surface area contributed by atoms with Gasteiger partial charge in [0.2, 0.25) is 0 Å². The Bertz CT molecular complexity index is 639. The third-order valence-electron chi connectivity index (χ3n) is 2.48. The molecule has 0 aliphatic carbocycles. The number of nitrogens with one attached hydrogen (secondary N) is 1. The Balaban J connectivity index is 2.55. The van der Waals surface area contributed by atoms with E-state index < -0.39 is 34.0 Å². The van der Waals surface area contributed by atoms with Crippen molar-refractivity contribution >= 4 is 12.1 Å². The van der Waals surface area contributed by atoms with Crippen LogP contribution in [0.2, 0.25) is 0 Å². The maximum absolute atomic E-state index is 12.8. The molecule has 0 unspecified atom stereocenters. The topological polar surface area (TPSA) is 84.6 Å². The van der Waals surface area contributed by atoms with Crippen LogP contribution in [-0.2, 0) is 4.79 Å². The molecule has 2 heterocycles. The van der Waals surface area contributed by atoms with Crippen molar-refractivity contribution in [3.8, 4) is 0 Å². The van der Waals surface area contributed by atoms with E-state index in [1.165, 1.54) is 6.20 Å². The normalized spacial score (nSPS) is 22.2. The summed E-state index contributed by atoms with van der Waals surface area (Å²) < 4.78 is 38.5. The van der Waals surface area contributed by atoms with Gasteiger partial charge in [-0.15, -0.1) is 0 Å². The summed E-state index contributed by atoms with van der Waals surface area (Å²) in [5, 5.41) is 13.0. The molecular formula is C11H6F3N3O3. The molecule has 20 heavy (non-hydrogen) atoms. The van der Waals surface area contributed by atoms with Crippen molar-refractivity contribution in [3.63, 3.8) is 0 Å². The zero-order chi connectivity index (χ0) is 14.9. The Hall–Kier alpha value is -2.71. The summed E-state index contributed by atoms with van der Waals surface area (Å²) in [5.41, 5.74) is -2.47. The molecule has 0 spiro atoms. The Morgan fingerprint density at radius 1 is 1.35 bits per heavy atom. The Morgan fingerprint density at radius 2 is 2.05 bits per heavy atom. The first-order valence-corrected chi connectivity index (χ1v) is 5.20. The standard InChI is InChI=1S/C11H6F3N3O3/c12-11(13,14)7-2-1-3-15-9(7)6-4-8(17(19)20)10(18)16-5-6/h1-5,15H. The predicted molar refractivity (Wildman–Crippen MR) is 62.0 cm³/mol. The number of carbonyl (C=O) groups is 1. The fourth-order valence-corrected chi connectivity index (χ4v) is 1.62. The number of rotatable bonds is 1. The maximum atomic E-state index is 12.8. The Labute approximate surface area is 109 Å². The van der Waals surface area contributed by atoms with E-state index >= 15 is 0 Å². The molecule has 1 N–H and O–H groups in total. The van der Waals surface area contributed by atoms with Crippen LogP contribution in [0.4, 0.5) is 13.2 Å². The van der Waals surface area contributed by atoms with Crippen LogP contribution in [0.25, 0.3) is 0 Å². The number of alkyl halides is 3. The van der Waals surface area contributed by atoms with Gasteiger partial charge in [-0.25, -0.2) is 4.99 Å². The molecule has 0 aromatic carbocycles. The van der Waals surface area contributed by atoms with Crippen LogP contribution in [0.5, 0.6) is 0 Å². The van der Waals surface area contributed by atoms with Gasteiger partial charge in [0.25, 0.3) is 0 Å². The van der Waals surface area contributed by atoms with E-state index in [1.807, 2.05) is 0 Å². The molecule has 0 bridgehead atoms. The lowest BCUT2D eigenvalue weighted by molar-refractivity contribution is -0.418. The number of hydrogen-bond acceptors (Lipinski definition) is 4. The summed E-state index contributed by atoms with van der Waals surface area (Å²) >= 11 is 0. The molecular weight excluding hydrogens is 279 g/mol. The molecule has 0 fully saturated rings. The lowest BCUT2D eigenvalue weighted by atomic mass is 10.0. The molecule has 0 radical (unpaired) electrons. The zero-order valence-corrected chi connectivity index (χ0v) is 9.64. The predicted octanol–water partition coefficient (Wildman–Crippen LogP) is 1.62. The number of amides is 1. The molecule has 2 aliphatic rings. The highest BCUT2D eigenvalue weighted by Crippen LogP contribution is 2.33. The average molecular weight is 285 g/mol. The monoisotopic (exact) mass is 285 g/mol. The van der Waals surface area contributed by atoms with Gasteiger partial charge in [0.05, 0.1) is 16.2 Å². The van der Waals surface area contributed by atoms with Gasteiger partial charge in [-0.05, 0) is 12.2 Å². The third-order valence-corrected chi connectivity index (χ3v) is 2.48. The summed E-state index contributed by atoms with van der Waals surface area (Å²) in [5.74, 6) is -1.11. The van der Waals surface area contributed by atoms with Crippen LogP contribution in [0.1, 0.15) is 0 Å². The molecule has 0 saturated heterocycles. The third kappa shape index (κ3) is 2.51. The highest BCUT2D eigenvalue weighted by atomic mass is 19.4. The maximum Gasteiger partial charge on any atom is 0.418 e. The molecule has 2 rings (SSSR count). The van der Waals surface area contributed by atoms with E-state index in [1.54, 1.807) is 0 Å². The van der Waals surface area contributed by atoms with Crippen molar-refractivity contribution in [2.75, 3.05) is 0 Å². The fraction of sp³-hybridized carbons (Fsp3) is 0.0909. The van der Waals surface area contributed by atoms with Crippen molar-refractivity contribution in [1.82, 2.24) is 5.32 Å². The first kappa shape index (κ1) is 13.7. The summed E-state index contributed by atoms with van der Waals surface area (Å²) in [4.78, 5) is 24.0. The van der Waals surface area contributed by atoms with Crippen LogP contribution in [0.15, 0.2) is 52.0 Å².